The van der Waals surface area contributed by atoms with Crippen LogP contribution in [-0.2, 0) is 9.53 Å². The maximum absolute atomic E-state index is 10.9. The largest absolute Gasteiger partial charge is 0.354 e. The summed E-state index contributed by atoms with van der Waals surface area (Å²) in [6, 6.07) is 15.3. The van der Waals surface area contributed by atoms with Gasteiger partial charge in [-0.1, -0.05) is 47.5 Å². The molecule has 2 aromatic carbocycles. The molecule has 30 heavy (non-hydrogen) atoms. The number of anilines is 1. The average Bonchev–Trinajstić information content (AvgIpc) is 3.25. The highest BCUT2D eigenvalue weighted by molar-refractivity contribution is 6.42. The number of carbonyl (C=O) groups excluding carboxylic acids is 1. The Morgan fingerprint density at radius 1 is 1.20 bits per heavy atom. The van der Waals surface area contributed by atoms with Crippen LogP contribution < -0.4 is 10.6 Å². The number of hydrogen-bond donors (Lipinski definition) is 2. The van der Waals surface area contributed by atoms with Gasteiger partial charge in [-0.3, -0.25) is 10.1 Å². The highest BCUT2D eigenvalue weighted by Crippen LogP contribution is 2.28. The third kappa shape index (κ3) is 4.63. The second-order valence-corrected chi connectivity index (χ2v) is 7.85. The van der Waals surface area contributed by atoms with Crippen molar-refractivity contribution in [3.05, 3.63) is 75.9 Å². The summed E-state index contributed by atoms with van der Waals surface area (Å²) in [5.41, 5.74) is 3.77. The van der Waals surface area contributed by atoms with Crippen molar-refractivity contribution in [2.24, 2.45) is 0 Å². The second kappa shape index (κ2) is 9.10. The molecule has 1 aliphatic rings. The van der Waals surface area contributed by atoms with Gasteiger partial charge in [0.05, 0.1) is 34.4 Å². The molecule has 2 N–H and O–H groups in total. The van der Waals surface area contributed by atoms with E-state index >= 15 is 0 Å². The second-order valence-electron chi connectivity index (χ2n) is 7.04. The molecule has 0 bridgehead atoms. The van der Waals surface area contributed by atoms with Gasteiger partial charge in [-0.05, 0) is 42.3 Å². The molecule has 1 saturated heterocycles. The zero-order valence-corrected chi connectivity index (χ0v) is 17.7. The van der Waals surface area contributed by atoms with Gasteiger partial charge in [0.25, 0.3) is 0 Å². The third-order valence-electron chi connectivity index (χ3n) is 4.96. The van der Waals surface area contributed by atoms with Gasteiger partial charge in [-0.25, -0.2) is 9.97 Å². The lowest BCUT2D eigenvalue weighted by atomic mass is 10.0. The first-order chi connectivity index (χ1) is 14.5. The van der Waals surface area contributed by atoms with Gasteiger partial charge < -0.3 is 10.1 Å². The van der Waals surface area contributed by atoms with E-state index in [0.29, 0.717) is 22.6 Å². The molecule has 0 radical (unpaired) electrons. The zero-order valence-electron chi connectivity index (χ0n) is 16.2. The summed E-state index contributed by atoms with van der Waals surface area (Å²) in [6.45, 7) is 2.45. The molecule has 0 amide bonds. The van der Waals surface area contributed by atoms with E-state index in [9.17, 15) is 4.79 Å². The Bertz CT molecular complexity index is 1060. The van der Waals surface area contributed by atoms with Crippen LogP contribution in [0.3, 0.4) is 0 Å². The highest BCUT2D eigenvalue weighted by atomic mass is 35.5. The zero-order chi connectivity index (χ0) is 21.1. The van der Waals surface area contributed by atoms with Gasteiger partial charge in [-0.15, -0.1) is 0 Å². The first-order valence-corrected chi connectivity index (χ1v) is 10.3. The lowest BCUT2D eigenvalue weighted by Gasteiger charge is -2.16. The first kappa shape index (κ1) is 20.8. The molecule has 0 saturated carbocycles. The third-order valence-corrected chi connectivity index (χ3v) is 5.70. The standard InChI is InChI=1S/C22H20Cl2N4O2/c1-13(14-5-6-17(23)18(24)10-14)26-22-25-8-7-19(28-22)15-3-2-4-16(9-15)20-12-30-21(11-29)27-20/h2-11,13,20-21,27H,12H2,1H3,(H,25,26,28)/t13-,20?,21?/m1/s1. The SMILES string of the molecule is C[C@@H](Nc1nccc(-c2cccc(C3COC(C=O)N3)c2)n1)c1ccc(Cl)c(Cl)c1. The number of benzene rings is 2. The van der Waals surface area contributed by atoms with Gasteiger partial charge in [0, 0.05) is 11.8 Å². The van der Waals surface area contributed by atoms with Crippen molar-refractivity contribution < 1.29 is 9.53 Å². The quantitative estimate of drug-likeness (QED) is 0.533. The Morgan fingerprint density at radius 3 is 2.83 bits per heavy atom. The van der Waals surface area contributed by atoms with E-state index < -0.39 is 6.23 Å². The molecule has 3 aromatic rings. The van der Waals surface area contributed by atoms with E-state index in [-0.39, 0.29) is 12.1 Å². The predicted octanol–water partition coefficient (Wildman–Crippen LogP) is 4.81. The van der Waals surface area contributed by atoms with Crippen molar-refractivity contribution >= 4 is 35.4 Å². The lowest BCUT2D eigenvalue weighted by molar-refractivity contribution is -0.116. The van der Waals surface area contributed by atoms with E-state index in [2.05, 4.69) is 20.6 Å². The Kier molecular flexibility index (Phi) is 6.29. The normalized spacial score (nSPS) is 19.4. The Labute approximate surface area is 184 Å². The molecular formula is C22H20Cl2N4O2. The molecule has 4 rings (SSSR count). The van der Waals surface area contributed by atoms with Crippen molar-refractivity contribution in [1.29, 1.82) is 0 Å². The Hall–Kier alpha value is -2.51. The monoisotopic (exact) mass is 442 g/mol. The molecule has 1 aliphatic heterocycles. The van der Waals surface area contributed by atoms with Crippen molar-refractivity contribution in [3.63, 3.8) is 0 Å². The minimum atomic E-state index is -0.559. The van der Waals surface area contributed by atoms with E-state index in [4.69, 9.17) is 27.9 Å². The summed E-state index contributed by atoms with van der Waals surface area (Å²) in [7, 11) is 0. The number of aldehydes is 1. The molecule has 154 valence electrons. The fourth-order valence-electron chi connectivity index (χ4n) is 3.33. The molecule has 0 aliphatic carbocycles. The molecule has 2 unspecified atom stereocenters. The minimum Gasteiger partial charge on any atom is -0.354 e. The van der Waals surface area contributed by atoms with Crippen LogP contribution in [0.5, 0.6) is 0 Å². The summed E-state index contributed by atoms with van der Waals surface area (Å²) < 4.78 is 5.40. The van der Waals surface area contributed by atoms with Crippen molar-refractivity contribution in [1.82, 2.24) is 15.3 Å². The first-order valence-electron chi connectivity index (χ1n) is 9.51. The molecule has 2 heterocycles. The van der Waals surface area contributed by atoms with E-state index in [0.717, 1.165) is 28.7 Å². The topological polar surface area (TPSA) is 76.1 Å². The van der Waals surface area contributed by atoms with Crippen LogP contribution in [0.2, 0.25) is 10.0 Å². The predicted molar refractivity (Wildman–Crippen MR) is 118 cm³/mol. The molecule has 1 fully saturated rings. The molecule has 3 atom stereocenters. The molecule has 0 spiro atoms. The summed E-state index contributed by atoms with van der Waals surface area (Å²) >= 11 is 12.1. The number of nitrogens with one attached hydrogen (secondary N) is 2. The maximum Gasteiger partial charge on any atom is 0.223 e. The smallest absolute Gasteiger partial charge is 0.223 e. The number of rotatable bonds is 6. The number of aromatic nitrogens is 2. The number of nitrogens with zero attached hydrogens (tertiary/aromatic N) is 2. The number of halogens is 2. The molecular weight excluding hydrogens is 423 g/mol. The summed E-state index contributed by atoms with van der Waals surface area (Å²) in [5.74, 6) is 0.514. The van der Waals surface area contributed by atoms with Gasteiger partial charge >= 0.3 is 0 Å². The minimum absolute atomic E-state index is 0.0331. The summed E-state index contributed by atoms with van der Waals surface area (Å²) in [4.78, 5) is 19.9. The van der Waals surface area contributed by atoms with E-state index in [1.807, 2.05) is 49.4 Å². The summed E-state index contributed by atoms with van der Waals surface area (Å²) in [5, 5.41) is 7.48. The molecule has 6 nitrogen and oxygen atoms in total. The average molecular weight is 443 g/mol. The summed E-state index contributed by atoms with van der Waals surface area (Å²) in [6.07, 6.45) is 1.93. The highest BCUT2D eigenvalue weighted by Gasteiger charge is 2.25. The van der Waals surface area contributed by atoms with Gasteiger partial charge in [0.15, 0.2) is 12.5 Å². The Balaban J connectivity index is 1.52. The lowest BCUT2D eigenvalue weighted by Crippen LogP contribution is -2.26. The van der Waals surface area contributed by atoms with E-state index in [1.165, 1.54) is 0 Å². The number of carbonyl (C=O) groups is 1. The van der Waals surface area contributed by atoms with Crippen LogP contribution in [0.1, 0.15) is 30.1 Å². The van der Waals surface area contributed by atoms with Crippen LogP contribution in [0.4, 0.5) is 5.95 Å². The van der Waals surface area contributed by atoms with Crippen molar-refractivity contribution in [2.75, 3.05) is 11.9 Å². The van der Waals surface area contributed by atoms with Crippen LogP contribution in [0.25, 0.3) is 11.3 Å². The van der Waals surface area contributed by atoms with Crippen LogP contribution in [0.15, 0.2) is 54.7 Å². The van der Waals surface area contributed by atoms with E-state index in [1.54, 1.807) is 12.3 Å². The van der Waals surface area contributed by atoms with Crippen LogP contribution in [0, 0.1) is 0 Å². The van der Waals surface area contributed by atoms with Crippen LogP contribution >= 0.6 is 23.2 Å². The van der Waals surface area contributed by atoms with Gasteiger partial charge in [0.2, 0.25) is 5.95 Å². The Morgan fingerprint density at radius 2 is 2.07 bits per heavy atom. The fraction of sp³-hybridized carbons (Fsp3) is 0.227. The molecule has 1 aromatic heterocycles. The van der Waals surface area contributed by atoms with Crippen molar-refractivity contribution in [3.8, 4) is 11.3 Å². The van der Waals surface area contributed by atoms with Crippen LogP contribution in [-0.4, -0.2) is 29.1 Å². The molecule has 8 heteroatoms. The number of hydrogen-bond acceptors (Lipinski definition) is 6. The van der Waals surface area contributed by atoms with Gasteiger partial charge in [-0.2, -0.15) is 0 Å². The van der Waals surface area contributed by atoms with Gasteiger partial charge in [0.1, 0.15) is 0 Å². The maximum atomic E-state index is 10.9. The van der Waals surface area contributed by atoms with Crippen molar-refractivity contribution in [2.45, 2.75) is 25.2 Å². The fourth-order valence-corrected chi connectivity index (χ4v) is 3.63. The number of ether oxygens (including phenoxy) is 1.